The van der Waals surface area contributed by atoms with Crippen LogP contribution in [0.15, 0.2) is 54.7 Å². The Kier molecular flexibility index (Phi) is 8.40. The number of para-hydroxylation sites is 2. The maximum absolute atomic E-state index is 13.3. The Hall–Kier alpha value is -4.34. The van der Waals surface area contributed by atoms with Gasteiger partial charge in [0.25, 0.3) is 5.91 Å². The number of primary amides is 1. The van der Waals surface area contributed by atoms with E-state index in [1.807, 2.05) is 31.2 Å². The molecule has 1 fully saturated rings. The standard InChI is InChI=1S/C27H34N8O2/c1-2-14-30-25-21(16-31-27(35-25)34-18-12-10-17(11-13-18)24(29)36)26(37)33-20-7-5-6-19(15-20)32-23-9-4-3-8-22(23)28/h3-4,8-13,16,19-20,32H,2,5-7,14-15,28H2,1H3,(H2,29,36)(H,33,37)(H2,30,31,34,35)/t19?,20-/m1/s1. The first-order valence-corrected chi connectivity index (χ1v) is 12.6. The molecular formula is C27H34N8O2. The molecule has 0 aliphatic heterocycles. The number of nitrogens with two attached hydrogens (primary N) is 2. The highest BCUT2D eigenvalue weighted by atomic mass is 16.2. The Labute approximate surface area is 216 Å². The second-order valence-corrected chi connectivity index (χ2v) is 9.21. The Bertz CT molecular complexity index is 1230. The van der Waals surface area contributed by atoms with Crippen LogP contribution < -0.4 is 32.7 Å². The molecule has 2 aromatic carbocycles. The lowest BCUT2D eigenvalue weighted by Gasteiger charge is -2.31. The number of carbonyl (C=O) groups excluding carboxylic acids is 2. The fourth-order valence-electron chi connectivity index (χ4n) is 4.40. The highest BCUT2D eigenvalue weighted by Gasteiger charge is 2.25. The molecule has 8 N–H and O–H groups in total. The van der Waals surface area contributed by atoms with Crippen molar-refractivity contribution in [2.24, 2.45) is 5.73 Å². The highest BCUT2D eigenvalue weighted by molar-refractivity contribution is 5.99. The predicted molar refractivity (Wildman–Crippen MR) is 147 cm³/mol. The van der Waals surface area contributed by atoms with E-state index < -0.39 is 5.91 Å². The molecule has 1 aromatic heterocycles. The van der Waals surface area contributed by atoms with Gasteiger partial charge in [-0.05, 0) is 68.5 Å². The van der Waals surface area contributed by atoms with E-state index in [2.05, 4.69) is 31.2 Å². The first-order chi connectivity index (χ1) is 17.9. The molecule has 1 saturated carbocycles. The van der Waals surface area contributed by atoms with Gasteiger partial charge in [0.1, 0.15) is 11.4 Å². The third kappa shape index (κ3) is 6.87. The topological polar surface area (TPSA) is 160 Å². The summed E-state index contributed by atoms with van der Waals surface area (Å²) in [6.45, 7) is 2.71. The summed E-state index contributed by atoms with van der Waals surface area (Å²) < 4.78 is 0. The van der Waals surface area contributed by atoms with Crippen molar-refractivity contribution in [2.75, 3.05) is 28.2 Å². The predicted octanol–water partition coefficient (Wildman–Crippen LogP) is 3.88. The molecule has 10 nitrogen and oxygen atoms in total. The van der Waals surface area contributed by atoms with E-state index in [9.17, 15) is 9.59 Å². The molecule has 4 rings (SSSR count). The van der Waals surface area contributed by atoms with Crippen molar-refractivity contribution in [1.29, 1.82) is 0 Å². The maximum Gasteiger partial charge on any atom is 0.256 e. The van der Waals surface area contributed by atoms with Gasteiger partial charge in [0.15, 0.2) is 0 Å². The van der Waals surface area contributed by atoms with Gasteiger partial charge in [0.2, 0.25) is 11.9 Å². The summed E-state index contributed by atoms with van der Waals surface area (Å²) in [4.78, 5) is 33.4. The molecule has 0 spiro atoms. The molecule has 0 saturated heterocycles. The van der Waals surface area contributed by atoms with Crippen molar-refractivity contribution >= 4 is 40.6 Å². The number of carbonyl (C=O) groups is 2. The van der Waals surface area contributed by atoms with Crippen molar-refractivity contribution in [1.82, 2.24) is 15.3 Å². The van der Waals surface area contributed by atoms with E-state index in [0.717, 1.165) is 43.5 Å². The summed E-state index contributed by atoms with van der Waals surface area (Å²) in [5.74, 6) is 0.104. The molecule has 0 radical (unpaired) electrons. The van der Waals surface area contributed by atoms with Crippen LogP contribution in [0.2, 0.25) is 0 Å². The number of nitrogens with zero attached hydrogens (tertiary/aromatic N) is 2. The Balaban J connectivity index is 1.43. The smallest absolute Gasteiger partial charge is 0.256 e. The van der Waals surface area contributed by atoms with E-state index >= 15 is 0 Å². The van der Waals surface area contributed by atoms with Gasteiger partial charge in [-0.3, -0.25) is 9.59 Å². The highest BCUT2D eigenvalue weighted by Crippen LogP contribution is 2.26. The fourth-order valence-corrected chi connectivity index (χ4v) is 4.40. The van der Waals surface area contributed by atoms with E-state index in [0.29, 0.717) is 35.1 Å². The monoisotopic (exact) mass is 502 g/mol. The molecule has 1 aliphatic rings. The molecule has 3 aromatic rings. The second kappa shape index (κ2) is 12.1. The first kappa shape index (κ1) is 25.7. The average molecular weight is 503 g/mol. The SMILES string of the molecule is CCCNc1nc(Nc2ccc(C(N)=O)cc2)ncc1C(=O)N[C@@H]1CCCC(Nc2ccccc2N)C1. The largest absolute Gasteiger partial charge is 0.397 e. The van der Waals surface area contributed by atoms with Crippen molar-refractivity contribution in [3.8, 4) is 0 Å². The Morgan fingerprint density at radius 3 is 2.54 bits per heavy atom. The number of hydrogen-bond acceptors (Lipinski definition) is 8. The van der Waals surface area contributed by atoms with Crippen molar-refractivity contribution < 1.29 is 9.59 Å². The molecule has 1 heterocycles. The minimum absolute atomic E-state index is 0.0317. The third-order valence-corrected chi connectivity index (χ3v) is 6.33. The van der Waals surface area contributed by atoms with Gasteiger partial charge >= 0.3 is 0 Å². The summed E-state index contributed by atoms with van der Waals surface area (Å²) in [6, 6.07) is 14.7. The molecule has 2 atom stereocenters. The number of aromatic nitrogens is 2. The number of amides is 2. The van der Waals surface area contributed by atoms with Gasteiger partial charge in [0.05, 0.1) is 11.4 Å². The minimum atomic E-state index is -0.492. The van der Waals surface area contributed by atoms with Gasteiger partial charge in [-0.2, -0.15) is 4.98 Å². The zero-order chi connectivity index (χ0) is 26.2. The van der Waals surface area contributed by atoms with Crippen LogP contribution >= 0.6 is 0 Å². The maximum atomic E-state index is 13.3. The first-order valence-electron chi connectivity index (χ1n) is 12.6. The molecule has 2 amide bonds. The second-order valence-electron chi connectivity index (χ2n) is 9.21. The average Bonchev–Trinajstić information content (AvgIpc) is 2.89. The van der Waals surface area contributed by atoms with Crippen LogP contribution in [0, 0.1) is 0 Å². The van der Waals surface area contributed by atoms with Gasteiger partial charge in [-0.1, -0.05) is 19.1 Å². The lowest BCUT2D eigenvalue weighted by atomic mass is 9.90. The van der Waals surface area contributed by atoms with Crippen LogP contribution in [-0.4, -0.2) is 40.4 Å². The Morgan fingerprint density at radius 2 is 1.81 bits per heavy atom. The molecule has 0 bridgehead atoms. The van der Waals surface area contributed by atoms with E-state index in [1.54, 1.807) is 24.3 Å². The molecular weight excluding hydrogens is 468 g/mol. The van der Waals surface area contributed by atoms with Crippen molar-refractivity contribution in [3.63, 3.8) is 0 Å². The Morgan fingerprint density at radius 1 is 1.05 bits per heavy atom. The van der Waals surface area contributed by atoms with Crippen LogP contribution in [0.1, 0.15) is 59.7 Å². The van der Waals surface area contributed by atoms with Crippen LogP contribution in [-0.2, 0) is 0 Å². The number of nitrogen functional groups attached to an aromatic ring is 1. The number of benzene rings is 2. The van der Waals surface area contributed by atoms with Crippen molar-refractivity contribution in [2.45, 2.75) is 51.1 Å². The summed E-state index contributed by atoms with van der Waals surface area (Å²) in [5.41, 5.74) is 14.5. The number of anilines is 5. The lowest BCUT2D eigenvalue weighted by Crippen LogP contribution is -2.42. The number of rotatable bonds is 10. The van der Waals surface area contributed by atoms with Gasteiger partial charge in [-0.25, -0.2) is 4.98 Å². The summed E-state index contributed by atoms with van der Waals surface area (Å²) in [7, 11) is 0. The fraction of sp³-hybridized carbons (Fsp3) is 0.333. The molecule has 1 aliphatic carbocycles. The normalized spacial score (nSPS) is 17.0. The summed E-state index contributed by atoms with van der Waals surface area (Å²) >= 11 is 0. The van der Waals surface area contributed by atoms with Gasteiger partial charge in [-0.15, -0.1) is 0 Å². The van der Waals surface area contributed by atoms with E-state index in [-0.39, 0.29) is 18.0 Å². The van der Waals surface area contributed by atoms with Crippen LogP contribution in [0.5, 0.6) is 0 Å². The van der Waals surface area contributed by atoms with Gasteiger partial charge < -0.3 is 32.7 Å². The number of nitrogens with one attached hydrogen (secondary N) is 4. The van der Waals surface area contributed by atoms with E-state index in [1.165, 1.54) is 6.20 Å². The lowest BCUT2D eigenvalue weighted by molar-refractivity contribution is 0.0925. The zero-order valence-corrected chi connectivity index (χ0v) is 21.0. The summed E-state index contributed by atoms with van der Waals surface area (Å²) in [6.07, 6.45) is 6.15. The third-order valence-electron chi connectivity index (χ3n) is 6.33. The minimum Gasteiger partial charge on any atom is -0.397 e. The zero-order valence-electron chi connectivity index (χ0n) is 21.0. The van der Waals surface area contributed by atoms with Crippen LogP contribution in [0.25, 0.3) is 0 Å². The van der Waals surface area contributed by atoms with Crippen molar-refractivity contribution in [3.05, 3.63) is 65.9 Å². The quantitative estimate of drug-likeness (QED) is 0.228. The van der Waals surface area contributed by atoms with Crippen LogP contribution in [0.3, 0.4) is 0 Å². The molecule has 37 heavy (non-hydrogen) atoms. The molecule has 1 unspecified atom stereocenters. The van der Waals surface area contributed by atoms with Crippen LogP contribution in [0.4, 0.5) is 28.8 Å². The van der Waals surface area contributed by atoms with E-state index in [4.69, 9.17) is 11.5 Å². The number of hydrogen-bond donors (Lipinski definition) is 6. The summed E-state index contributed by atoms with van der Waals surface area (Å²) in [5, 5.41) is 13.0. The van der Waals surface area contributed by atoms with Gasteiger partial charge in [0, 0.05) is 36.1 Å². The molecule has 10 heteroatoms. The molecule has 194 valence electrons.